The van der Waals surface area contributed by atoms with E-state index < -0.39 is 0 Å². The van der Waals surface area contributed by atoms with E-state index in [9.17, 15) is 4.79 Å². The minimum absolute atomic E-state index is 0.0235. The van der Waals surface area contributed by atoms with Crippen molar-refractivity contribution < 1.29 is 4.79 Å². The fraction of sp³-hybridized carbons (Fsp3) is 0.235. The maximum Gasteiger partial charge on any atom is 0.258 e. The van der Waals surface area contributed by atoms with Gasteiger partial charge in [0.1, 0.15) is 0 Å². The third-order valence-corrected chi connectivity index (χ3v) is 4.68. The molecule has 3 rings (SSSR count). The van der Waals surface area contributed by atoms with Gasteiger partial charge in [0, 0.05) is 27.5 Å². The van der Waals surface area contributed by atoms with Gasteiger partial charge in [0.05, 0.1) is 0 Å². The molecule has 108 valence electrons. The van der Waals surface area contributed by atoms with E-state index in [0.717, 1.165) is 23.0 Å². The molecule has 1 unspecified atom stereocenters. The molecule has 4 heteroatoms. The highest BCUT2D eigenvalue weighted by Gasteiger charge is 2.28. The molecule has 0 spiro atoms. The maximum absolute atomic E-state index is 12.9. The zero-order valence-electron chi connectivity index (χ0n) is 11.8. The van der Waals surface area contributed by atoms with E-state index in [1.54, 1.807) is 18.2 Å². The van der Waals surface area contributed by atoms with Crippen LogP contribution in [0.1, 0.15) is 29.3 Å². The monoisotopic (exact) mass is 344 g/mol. The van der Waals surface area contributed by atoms with Gasteiger partial charge in [-0.2, -0.15) is 0 Å². The Labute approximate surface area is 132 Å². The number of amides is 1. The Kier molecular flexibility index (Phi) is 3.72. The normalized spacial score (nSPS) is 17.4. The average molecular weight is 345 g/mol. The number of nitrogen functional groups attached to an aromatic ring is 1. The minimum atomic E-state index is 0.0235. The average Bonchev–Trinajstić information content (AvgIpc) is 2.49. The Bertz CT molecular complexity index is 699. The van der Waals surface area contributed by atoms with Crippen molar-refractivity contribution in [2.45, 2.75) is 25.8 Å². The number of carbonyl (C=O) groups excluding carboxylic acids is 1. The molecule has 1 heterocycles. The lowest BCUT2D eigenvalue weighted by atomic mass is 9.95. The Morgan fingerprint density at radius 3 is 2.81 bits per heavy atom. The number of hydrogen-bond donors (Lipinski definition) is 1. The molecule has 0 aromatic heterocycles. The molecule has 1 aliphatic heterocycles. The first-order valence-corrected chi connectivity index (χ1v) is 7.83. The smallest absolute Gasteiger partial charge is 0.258 e. The maximum atomic E-state index is 12.9. The van der Waals surface area contributed by atoms with Crippen molar-refractivity contribution in [3.05, 3.63) is 58.1 Å². The molecule has 0 aliphatic carbocycles. The summed E-state index contributed by atoms with van der Waals surface area (Å²) in [5, 5.41) is 0. The summed E-state index contributed by atoms with van der Waals surface area (Å²) in [5.41, 5.74) is 9.35. The van der Waals surface area contributed by atoms with Crippen LogP contribution in [0.5, 0.6) is 0 Å². The van der Waals surface area contributed by atoms with Gasteiger partial charge >= 0.3 is 0 Å². The van der Waals surface area contributed by atoms with Gasteiger partial charge in [-0.15, -0.1) is 0 Å². The van der Waals surface area contributed by atoms with Crippen LogP contribution in [0.4, 0.5) is 11.4 Å². The first-order valence-electron chi connectivity index (χ1n) is 7.04. The Morgan fingerprint density at radius 1 is 1.29 bits per heavy atom. The van der Waals surface area contributed by atoms with Gasteiger partial charge in [0.2, 0.25) is 0 Å². The lowest BCUT2D eigenvalue weighted by molar-refractivity contribution is 0.0975. The highest BCUT2D eigenvalue weighted by Crippen LogP contribution is 2.32. The second kappa shape index (κ2) is 5.53. The number of halogens is 1. The van der Waals surface area contributed by atoms with E-state index in [4.69, 9.17) is 5.73 Å². The summed E-state index contributed by atoms with van der Waals surface area (Å²) >= 11 is 3.39. The molecule has 0 saturated carbocycles. The van der Waals surface area contributed by atoms with Crippen LogP contribution in [0.3, 0.4) is 0 Å². The lowest BCUT2D eigenvalue weighted by Crippen LogP contribution is -2.42. The van der Waals surface area contributed by atoms with Crippen molar-refractivity contribution >= 4 is 33.2 Å². The van der Waals surface area contributed by atoms with Crippen LogP contribution < -0.4 is 10.6 Å². The number of hydrogen-bond acceptors (Lipinski definition) is 2. The van der Waals surface area contributed by atoms with Crippen LogP contribution in [-0.4, -0.2) is 11.9 Å². The molecule has 0 bridgehead atoms. The SMILES string of the molecule is CC1CCc2ccccc2N1C(=O)c1ccc(N)c(Br)c1. The number of fused-ring (bicyclic) bond motifs is 1. The molecule has 1 atom stereocenters. The molecule has 2 aromatic rings. The minimum Gasteiger partial charge on any atom is -0.398 e. The largest absolute Gasteiger partial charge is 0.398 e. The predicted molar refractivity (Wildman–Crippen MR) is 89.6 cm³/mol. The number of para-hydroxylation sites is 1. The lowest BCUT2D eigenvalue weighted by Gasteiger charge is -2.35. The zero-order chi connectivity index (χ0) is 15.0. The summed E-state index contributed by atoms with van der Waals surface area (Å²) in [5.74, 6) is 0.0235. The Balaban J connectivity index is 2.02. The molecule has 2 N–H and O–H groups in total. The van der Waals surface area contributed by atoms with Crippen molar-refractivity contribution in [2.75, 3.05) is 10.6 Å². The topological polar surface area (TPSA) is 46.3 Å². The van der Waals surface area contributed by atoms with Crippen LogP contribution in [0.2, 0.25) is 0 Å². The summed E-state index contributed by atoms with van der Waals surface area (Å²) in [6, 6.07) is 13.7. The first-order chi connectivity index (χ1) is 10.1. The van der Waals surface area contributed by atoms with Crippen LogP contribution in [0, 0.1) is 0 Å². The molecule has 0 fully saturated rings. The number of rotatable bonds is 1. The van der Waals surface area contributed by atoms with E-state index in [1.165, 1.54) is 5.56 Å². The third kappa shape index (κ3) is 2.56. The van der Waals surface area contributed by atoms with Crippen LogP contribution in [0.25, 0.3) is 0 Å². The summed E-state index contributed by atoms with van der Waals surface area (Å²) < 4.78 is 0.756. The summed E-state index contributed by atoms with van der Waals surface area (Å²) in [4.78, 5) is 14.8. The van der Waals surface area contributed by atoms with E-state index in [0.29, 0.717) is 11.3 Å². The van der Waals surface area contributed by atoms with E-state index in [1.807, 2.05) is 23.1 Å². The Hall–Kier alpha value is -1.81. The van der Waals surface area contributed by atoms with E-state index >= 15 is 0 Å². The van der Waals surface area contributed by atoms with Crippen molar-refractivity contribution in [1.82, 2.24) is 0 Å². The van der Waals surface area contributed by atoms with Gasteiger partial charge in [-0.25, -0.2) is 0 Å². The number of aryl methyl sites for hydroxylation is 1. The van der Waals surface area contributed by atoms with Crippen molar-refractivity contribution in [3.63, 3.8) is 0 Å². The molecule has 21 heavy (non-hydrogen) atoms. The van der Waals surface area contributed by atoms with Crippen LogP contribution in [0.15, 0.2) is 46.9 Å². The van der Waals surface area contributed by atoms with Crippen LogP contribution in [-0.2, 0) is 6.42 Å². The Morgan fingerprint density at radius 2 is 2.05 bits per heavy atom. The van der Waals surface area contributed by atoms with Gasteiger partial charge in [-0.1, -0.05) is 18.2 Å². The van der Waals surface area contributed by atoms with Gasteiger partial charge in [0.25, 0.3) is 5.91 Å². The molecule has 2 aromatic carbocycles. The van der Waals surface area contributed by atoms with Crippen molar-refractivity contribution in [3.8, 4) is 0 Å². The number of carbonyl (C=O) groups is 1. The summed E-state index contributed by atoms with van der Waals surface area (Å²) in [6.07, 6.45) is 2.01. The van der Waals surface area contributed by atoms with Gasteiger partial charge < -0.3 is 10.6 Å². The predicted octanol–water partition coefficient (Wildman–Crippen LogP) is 4.01. The summed E-state index contributed by atoms with van der Waals surface area (Å²) in [6.45, 7) is 2.10. The molecular formula is C17H17BrN2O. The second-order valence-electron chi connectivity index (χ2n) is 5.43. The molecule has 1 amide bonds. The fourth-order valence-electron chi connectivity index (χ4n) is 2.80. The fourth-order valence-corrected chi connectivity index (χ4v) is 3.18. The second-order valence-corrected chi connectivity index (χ2v) is 6.28. The quantitative estimate of drug-likeness (QED) is 0.794. The number of nitrogens with zero attached hydrogens (tertiary/aromatic N) is 1. The highest BCUT2D eigenvalue weighted by molar-refractivity contribution is 9.10. The first kappa shape index (κ1) is 14.1. The molecule has 1 aliphatic rings. The van der Waals surface area contributed by atoms with Gasteiger partial charge in [0.15, 0.2) is 0 Å². The standard InChI is InChI=1S/C17H17BrN2O/c1-11-6-7-12-4-2-3-5-16(12)20(11)17(21)13-8-9-15(19)14(18)10-13/h2-5,8-11H,6-7,19H2,1H3. The number of benzene rings is 2. The van der Waals surface area contributed by atoms with Gasteiger partial charge in [-0.05, 0) is 65.5 Å². The molecule has 3 nitrogen and oxygen atoms in total. The van der Waals surface area contributed by atoms with E-state index in [-0.39, 0.29) is 11.9 Å². The number of nitrogens with two attached hydrogens (primary N) is 1. The zero-order valence-corrected chi connectivity index (χ0v) is 13.4. The summed E-state index contributed by atoms with van der Waals surface area (Å²) in [7, 11) is 0. The van der Waals surface area contributed by atoms with Gasteiger partial charge in [-0.3, -0.25) is 4.79 Å². The highest BCUT2D eigenvalue weighted by atomic mass is 79.9. The van der Waals surface area contributed by atoms with Crippen LogP contribution >= 0.6 is 15.9 Å². The van der Waals surface area contributed by atoms with E-state index in [2.05, 4.69) is 28.9 Å². The molecule has 0 radical (unpaired) electrons. The molecule has 0 saturated heterocycles. The van der Waals surface area contributed by atoms with Crippen molar-refractivity contribution in [2.24, 2.45) is 0 Å². The van der Waals surface area contributed by atoms with Crippen molar-refractivity contribution in [1.29, 1.82) is 0 Å². The number of anilines is 2. The molecular weight excluding hydrogens is 328 g/mol. The third-order valence-electron chi connectivity index (χ3n) is 3.99.